The molecular formula is C10H15N3O2. The molecule has 5 heteroatoms. The van der Waals surface area contributed by atoms with Crippen LogP contribution in [0, 0.1) is 10.1 Å². The molecule has 1 rings (SSSR count). The van der Waals surface area contributed by atoms with Crippen LogP contribution in [0.3, 0.4) is 0 Å². The largest absolute Gasteiger partial charge is 0.380 e. The standard InChI is InChI=1S/C10H15N3O2/c1-8(9-5-3-2-4-6-9)12-10(11)7-13(14)15/h2-3,6-8,12H,4-5,11H2,1H3. The fourth-order valence-electron chi connectivity index (χ4n) is 1.47. The van der Waals surface area contributed by atoms with E-state index in [9.17, 15) is 10.1 Å². The van der Waals surface area contributed by atoms with E-state index in [1.54, 1.807) is 0 Å². The van der Waals surface area contributed by atoms with Gasteiger partial charge in [0.25, 0.3) is 6.20 Å². The van der Waals surface area contributed by atoms with Gasteiger partial charge in [0, 0.05) is 6.04 Å². The van der Waals surface area contributed by atoms with Gasteiger partial charge in [0.1, 0.15) is 0 Å². The molecule has 5 nitrogen and oxygen atoms in total. The quantitative estimate of drug-likeness (QED) is 0.415. The minimum Gasteiger partial charge on any atom is -0.380 e. The highest BCUT2D eigenvalue weighted by Gasteiger charge is 2.10. The predicted octanol–water partition coefficient (Wildman–Crippen LogP) is 1.28. The molecule has 0 aromatic heterocycles. The van der Waals surface area contributed by atoms with Crippen LogP contribution in [0.4, 0.5) is 0 Å². The first-order valence-corrected chi connectivity index (χ1v) is 4.81. The second-order valence-corrected chi connectivity index (χ2v) is 3.43. The van der Waals surface area contributed by atoms with Gasteiger partial charge >= 0.3 is 0 Å². The van der Waals surface area contributed by atoms with E-state index in [-0.39, 0.29) is 11.9 Å². The Morgan fingerprint density at radius 3 is 3.00 bits per heavy atom. The van der Waals surface area contributed by atoms with Crippen molar-refractivity contribution < 1.29 is 4.92 Å². The van der Waals surface area contributed by atoms with E-state index in [0.29, 0.717) is 0 Å². The Bertz CT molecular complexity index is 332. The first kappa shape index (κ1) is 11.3. The number of hydrogen-bond acceptors (Lipinski definition) is 4. The molecule has 1 aliphatic carbocycles. The first-order chi connectivity index (χ1) is 7.09. The number of nitro groups is 1. The third-order valence-corrected chi connectivity index (χ3v) is 2.22. The molecule has 1 unspecified atom stereocenters. The summed E-state index contributed by atoms with van der Waals surface area (Å²) >= 11 is 0. The zero-order valence-electron chi connectivity index (χ0n) is 8.64. The van der Waals surface area contributed by atoms with Crippen LogP contribution in [0.15, 0.2) is 35.8 Å². The van der Waals surface area contributed by atoms with Crippen LogP contribution in [0.1, 0.15) is 19.8 Å². The third kappa shape index (κ3) is 3.84. The molecule has 82 valence electrons. The van der Waals surface area contributed by atoms with Crippen molar-refractivity contribution in [1.82, 2.24) is 5.32 Å². The van der Waals surface area contributed by atoms with E-state index in [4.69, 9.17) is 5.73 Å². The zero-order valence-corrected chi connectivity index (χ0v) is 8.64. The van der Waals surface area contributed by atoms with Gasteiger partial charge in [0.05, 0.1) is 4.92 Å². The SMILES string of the molecule is CC(NC(N)=C[N+](=O)[O-])C1=CCC=CC1. The van der Waals surface area contributed by atoms with E-state index in [1.165, 1.54) is 5.57 Å². The Balaban J connectivity index is 2.51. The monoisotopic (exact) mass is 209 g/mol. The summed E-state index contributed by atoms with van der Waals surface area (Å²) in [5.74, 6) is 0.0861. The molecule has 0 saturated heterocycles. The highest BCUT2D eigenvalue weighted by atomic mass is 16.6. The molecule has 1 aliphatic rings. The highest BCUT2D eigenvalue weighted by Crippen LogP contribution is 2.14. The topological polar surface area (TPSA) is 81.2 Å². The number of nitrogens with one attached hydrogen (secondary N) is 1. The van der Waals surface area contributed by atoms with Gasteiger partial charge in [0.2, 0.25) is 0 Å². The molecule has 0 spiro atoms. The van der Waals surface area contributed by atoms with Gasteiger partial charge in [-0.2, -0.15) is 0 Å². The summed E-state index contributed by atoms with van der Waals surface area (Å²) in [6.45, 7) is 1.94. The molecule has 0 aromatic rings. The molecule has 0 saturated carbocycles. The summed E-state index contributed by atoms with van der Waals surface area (Å²) in [5, 5.41) is 13.0. The molecule has 0 aliphatic heterocycles. The summed E-state index contributed by atoms with van der Waals surface area (Å²) in [7, 11) is 0. The summed E-state index contributed by atoms with van der Waals surface area (Å²) in [6, 6.07) is 0.0335. The van der Waals surface area contributed by atoms with Crippen LogP contribution in [0.25, 0.3) is 0 Å². The van der Waals surface area contributed by atoms with Crippen molar-refractivity contribution in [1.29, 1.82) is 0 Å². The molecule has 0 aromatic carbocycles. The van der Waals surface area contributed by atoms with E-state index in [1.807, 2.05) is 6.92 Å². The first-order valence-electron chi connectivity index (χ1n) is 4.81. The second kappa shape index (κ2) is 5.19. The van der Waals surface area contributed by atoms with Gasteiger partial charge in [-0.05, 0) is 25.3 Å². The summed E-state index contributed by atoms with van der Waals surface area (Å²) in [6.07, 6.45) is 8.85. The average molecular weight is 209 g/mol. The van der Waals surface area contributed by atoms with Gasteiger partial charge in [0.15, 0.2) is 5.82 Å². The maximum atomic E-state index is 10.2. The van der Waals surface area contributed by atoms with Crippen molar-refractivity contribution in [2.75, 3.05) is 0 Å². The van der Waals surface area contributed by atoms with E-state index in [0.717, 1.165) is 19.0 Å². The van der Waals surface area contributed by atoms with E-state index >= 15 is 0 Å². The predicted molar refractivity (Wildman–Crippen MR) is 58.3 cm³/mol. The number of rotatable bonds is 4. The van der Waals surface area contributed by atoms with Crippen molar-refractivity contribution in [3.63, 3.8) is 0 Å². The number of allylic oxidation sites excluding steroid dienone is 3. The molecule has 1 atom stereocenters. The van der Waals surface area contributed by atoms with Crippen LogP contribution in [0.2, 0.25) is 0 Å². The third-order valence-electron chi connectivity index (χ3n) is 2.22. The van der Waals surface area contributed by atoms with Gasteiger partial charge in [-0.3, -0.25) is 10.1 Å². The summed E-state index contributed by atoms with van der Waals surface area (Å²) in [5.41, 5.74) is 6.65. The summed E-state index contributed by atoms with van der Waals surface area (Å²) < 4.78 is 0. The lowest BCUT2D eigenvalue weighted by atomic mass is 10.00. The minimum absolute atomic E-state index is 0.0335. The fourth-order valence-corrected chi connectivity index (χ4v) is 1.47. The average Bonchev–Trinajstić information content (AvgIpc) is 2.17. The molecular weight excluding hydrogens is 194 g/mol. The Morgan fingerprint density at radius 1 is 1.73 bits per heavy atom. The van der Waals surface area contributed by atoms with Gasteiger partial charge in [-0.25, -0.2) is 0 Å². The second-order valence-electron chi connectivity index (χ2n) is 3.43. The van der Waals surface area contributed by atoms with Gasteiger partial charge in [-0.1, -0.05) is 18.2 Å². The van der Waals surface area contributed by atoms with E-state index in [2.05, 4.69) is 23.5 Å². The van der Waals surface area contributed by atoms with Crippen molar-refractivity contribution in [3.8, 4) is 0 Å². The van der Waals surface area contributed by atoms with E-state index < -0.39 is 4.92 Å². The highest BCUT2D eigenvalue weighted by molar-refractivity contribution is 5.20. The zero-order chi connectivity index (χ0) is 11.3. The molecule has 0 heterocycles. The minimum atomic E-state index is -0.565. The normalized spacial score (nSPS) is 18.2. The Hall–Kier alpha value is -1.78. The van der Waals surface area contributed by atoms with Crippen LogP contribution in [0.5, 0.6) is 0 Å². The lowest BCUT2D eigenvalue weighted by Gasteiger charge is -2.18. The van der Waals surface area contributed by atoms with Crippen molar-refractivity contribution in [3.05, 3.63) is 45.9 Å². The summed E-state index contributed by atoms with van der Waals surface area (Å²) in [4.78, 5) is 9.59. The maximum absolute atomic E-state index is 10.2. The molecule has 15 heavy (non-hydrogen) atoms. The molecule has 0 radical (unpaired) electrons. The smallest absolute Gasteiger partial charge is 0.273 e. The van der Waals surface area contributed by atoms with Crippen molar-refractivity contribution in [2.45, 2.75) is 25.8 Å². The lowest BCUT2D eigenvalue weighted by Crippen LogP contribution is -2.31. The van der Waals surface area contributed by atoms with Crippen LogP contribution < -0.4 is 11.1 Å². The Morgan fingerprint density at radius 2 is 2.47 bits per heavy atom. The van der Waals surface area contributed by atoms with Gasteiger partial charge < -0.3 is 11.1 Å². The Kier molecular flexibility index (Phi) is 3.91. The van der Waals surface area contributed by atoms with Crippen LogP contribution in [-0.2, 0) is 0 Å². The maximum Gasteiger partial charge on any atom is 0.273 e. The molecule has 0 bridgehead atoms. The Labute approximate surface area is 88.5 Å². The number of nitrogens with zero attached hydrogens (tertiary/aromatic N) is 1. The lowest BCUT2D eigenvalue weighted by molar-refractivity contribution is -0.403. The van der Waals surface area contributed by atoms with Gasteiger partial charge in [-0.15, -0.1) is 0 Å². The van der Waals surface area contributed by atoms with Crippen LogP contribution in [-0.4, -0.2) is 11.0 Å². The number of hydrogen-bond donors (Lipinski definition) is 2. The molecule has 3 N–H and O–H groups in total. The van der Waals surface area contributed by atoms with Crippen LogP contribution >= 0.6 is 0 Å². The fraction of sp³-hybridized carbons (Fsp3) is 0.400. The molecule has 0 fully saturated rings. The van der Waals surface area contributed by atoms with Crippen molar-refractivity contribution in [2.24, 2.45) is 5.73 Å². The molecule has 0 amide bonds. The van der Waals surface area contributed by atoms with Crippen molar-refractivity contribution >= 4 is 0 Å². The number of nitrogens with two attached hydrogens (primary N) is 1.